The summed E-state index contributed by atoms with van der Waals surface area (Å²) in [6.07, 6.45) is 4.33. The van der Waals surface area contributed by atoms with Gasteiger partial charge in [0.05, 0.1) is 12.6 Å². The van der Waals surface area contributed by atoms with Crippen molar-refractivity contribution in [1.82, 2.24) is 5.32 Å². The smallest absolute Gasteiger partial charge is 0.240 e. The minimum atomic E-state index is 0.125. The van der Waals surface area contributed by atoms with Crippen LogP contribution in [0.25, 0.3) is 0 Å². The van der Waals surface area contributed by atoms with Crippen LogP contribution in [0.4, 0.5) is 5.69 Å². The summed E-state index contributed by atoms with van der Waals surface area (Å²) in [5.41, 5.74) is 5.24. The van der Waals surface area contributed by atoms with Crippen LogP contribution in [0.2, 0.25) is 0 Å². The number of para-hydroxylation sites is 1. The van der Waals surface area contributed by atoms with E-state index >= 15 is 0 Å². The number of amides is 1. The number of fused-ring (bicyclic) bond motifs is 2. The van der Waals surface area contributed by atoms with Gasteiger partial charge in [-0.1, -0.05) is 42.5 Å². The number of carbonyl (C=O) groups excluding carboxylic acids is 1. The molecule has 2 aliphatic rings. The van der Waals surface area contributed by atoms with Gasteiger partial charge in [0.25, 0.3) is 0 Å². The Morgan fingerprint density at radius 1 is 1.12 bits per heavy atom. The molecule has 0 bridgehead atoms. The summed E-state index contributed by atoms with van der Waals surface area (Å²) in [4.78, 5) is 14.9. The van der Waals surface area contributed by atoms with E-state index in [1.807, 2.05) is 0 Å². The average molecular weight is 320 g/mol. The quantitative estimate of drug-likeness (QED) is 0.936. The second kappa shape index (κ2) is 6.31. The number of hydrogen-bond acceptors (Lipinski definition) is 2. The van der Waals surface area contributed by atoms with Crippen LogP contribution >= 0.6 is 0 Å². The molecule has 3 heteroatoms. The molecular formula is C21H24N2O. The van der Waals surface area contributed by atoms with Gasteiger partial charge in [0.1, 0.15) is 0 Å². The maximum absolute atomic E-state index is 12.7. The van der Waals surface area contributed by atoms with Gasteiger partial charge in [0, 0.05) is 11.7 Å². The van der Waals surface area contributed by atoms with Crippen molar-refractivity contribution in [3.8, 4) is 0 Å². The number of rotatable bonds is 3. The van der Waals surface area contributed by atoms with E-state index in [1.165, 1.54) is 22.4 Å². The molecule has 2 unspecified atom stereocenters. The summed E-state index contributed by atoms with van der Waals surface area (Å²) >= 11 is 0. The maximum Gasteiger partial charge on any atom is 0.240 e. The van der Waals surface area contributed by atoms with Crippen molar-refractivity contribution in [1.29, 1.82) is 0 Å². The first kappa shape index (κ1) is 15.3. The van der Waals surface area contributed by atoms with Crippen LogP contribution in [0.3, 0.4) is 0 Å². The van der Waals surface area contributed by atoms with Crippen molar-refractivity contribution in [2.24, 2.45) is 0 Å². The Morgan fingerprint density at radius 3 is 2.75 bits per heavy atom. The van der Waals surface area contributed by atoms with E-state index in [2.05, 4.69) is 65.7 Å². The Labute approximate surface area is 143 Å². The van der Waals surface area contributed by atoms with Crippen LogP contribution in [0.15, 0.2) is 48.5 Å². The Morgan fingerprint density at radius 2 is 1.88 bits per heavy atom. The van der Waals surface area contributed by atoms with Crippen LogP contribution in [0.5, 0.6) is 0 Å². The second-order valence-electron chi connectivity index (χ2n) is 7.02. The predicted molar refractivity (Wildman–Crippen MR) is 97.2 cm³/mol. The van der Waals surface area contributed by atoms with Gasteiger partial charge in [-0.2, -0.15) is 0 Å². The molecule has 2 atom stereocenters. The zero-order valence-electron chi connectivity index (χ0n) is 14.2. The minimum Gasteiger partial charge on any atom is -0.359 e. The molecule has 1 heterocycles. The number of carbonyl (C=O) groups is 1. The lowest BCUT2D eigenvalue weighted by atomic mass is 9.88. The molecule has 1 aliphatic carbocycles. The molecule has 2 aromatic carbocycles. The molecule has 0 spiro atoms. The van der Waals surface area contributed by atoms with Crippen LogP contribution in [-0.2, 0) is 17.6 Å². The van der Waals surface area contributed by atoms with Gasteiger partial charge in [-0.15, -0.1) is 0 Å². The number of hydrogen-bond donors (Lipinski definition) is 1. The van der Waals surface area contributed by atoms with Gasteiger partial charge in [-0.25, -0.2) is 0 Å². The van der Waals surface area contributed by atoms with Crippen molar-refractivity contribution >= 4 is 11.6 Å². The SMILES string of the molecule is CC1Cc2ccccc2N1CC(=O)NC1CCCc2ccccc21. The van der Waals surface area contributed by atoms with Crippen LogP contribution in [0, 0.1) is 0 Å². The first-order valence-corrected chi connectivity index (χ1v) is 8.94. The first-order chi connectivity index (χ1) is 11.7. The second-order valence-corrected chi connectivity index (χ2v) is 7.02. The molecular weight excluding hydrogens is 296 g/mol. The van der Waals surface area contributed by atoms with Gasteiger partial charge in [0.2, 0.25) is 5.91 Å². The number of nitrogens with one attached hydrogen (secondary N) is 1. The molecule has 0 aromatic heterocycles. The standard InChI is InChI=1S/C21H24N2O/c1-15-13-17-8-3-5-12-20(17)23(15)14-21(24)22-19-11-6-9-16-7-2-4-10-18(16)19/h2-5,7-8,10,12,15,19H,6,9,11,13-14H2,1H3,(H,22,24). The third-order valence-electron chi connectivity index (χ3n) is 5.37. The Kier molecular flexibility index (Phi) is 4.01. The summed E-state index contributed by atoms with van der Waals surface area (Å²) in [5, 5.41) is 3.27. The topological polar surface area (TPSA) is 32.3 Å². The van der Waals surface area contributed by atoms with Crippen LogP contribution in [-0.4, -0.2) is 18.5 Å². The van der Waals surface area contributed by atoms with E-state index in [9.17, 15) is 4.79 Å². The minimum absolute atomic E-state index is 0.125. The van der Waals surface area contributed by atoms with E-state index in [0.29, 0.717) is 12.6 Å². The summed E-state index contributed by atoms with van der Waals surface area (Å²) in [6, 6.07) is 17.5. The third kappa shape index (κ3) is 2.79. The van der Waals surface area contributed by atoms with Crippen molar-refractivity contribution in [3.05, 3.63) is 65.2 Å². The Hall–Kier alpha value is -2.29. The normalized spacial score (nSPS) is 22.0. The Balaban J connectivity index is 1.47. The fourth-order valence-electron chi connectivity index (χ4n) is 4.17. The average Bonchev–Trinajstić information content (AvgIpc) is 2.91. The molecule has 0 saturated heterocycles. The van der Waals surface area contributed by atoms with Crippen LogP contribution < -0.4 is 10.2 Å². The lowest BCUT2D eigenvalue weighted by Crippen LogP contribution is -2.42. The third-order valence-corrected chi connectivity index (χ3v) is 5.37. The van der Waals surface area contributed by atoms with Crippen LogP contribution in [0.1, 0.15) is 42.5 Å². The monoisotopic (exact) mass is 320 g/mol. The fourth-order valence-corrected chi connectivity index (χ4v) is 4.17. The molecule has 0 saturated carbocycles. The highest BCUT2D eigenvalue weighted by Crippen LogP contribution is 2.32. The van der Waals surface area contributed by atoms with Gasteiger partial charge >= 0.3 is 0 Å². The van der Waals surface area contributed by atoms with E-state index in [0.717, 1.165) is 25.7 Å². The lowest BCUT2D eigenvalue weighted by molar-refractivity contribution is -0.120. The summed E-state index contributed by atoms with van der Waals surface area (Å²) in [6.45, 7) is 2.64. The zero-order valence-corrected chi connectivity index (χ0v) is 14.2. The lowest BCUT2D eigenvalue weighted by Gasteiger charge is -2.29. The van der Waals surface area contributed by atoms with E-state index in [4.69, 9.17) is 0 Å². The van der Waals surface area contributed by atoms with E-state index in [-0.39, 0.29) is 11.9 Å². The van der Waals surface area contributed by atoms with E-state index < -0.39 is 0 Å². The van der Waals surface area contributed by atoms with Crippen molar-refractivity contribution in [2.75, 3.05) is 11.4 Å². The maximum atomic E-state index is 12.7. The summed E-state index contributed by atoms with van der Waals surface area (Å²) in [7, 11) is 0. The molecule has 2 aromatic rings. The zero-order chi connectivity index (χ0) is 16.5. The molecule has 1 aliphatic heterocycles. The highest BCUT2D eigenvalue weighted by Gasteiger charge is 2.28. The summed E-state index contributed by atoms with van der Waals surface area (Å²) < 4.78 is 0. The molecule has 3 nitrogen and oxygen atoms in total. The number of anilines is 1. The molecule has 1 amide bonds. The largest absolute Gasteiger partial charge is 0.359 e. The van der Waals surface area contributed by atoms with Gasteiger partial charge < -0.3 is 10.2 Å². The fraction of sp³-hybridized carbons (Fsp3) is 0.381. The molecule has 0 fully saturated rings. The van der Waals surface area contributed by atoms with Gasteiger partial charge in [0.15, 0.2) is 0 Å². The van der Waals surface area contributed by atoms with E-state index in [1.54, 1.807) is 0 Å². The predicted octanol–water partition coefficient (Wildman–Crippen LogP) is 3.63. The van der Waals surface area contributed by atoms with Crippen molar-refractivity contribution in [2.45, 2.75) is 44.7 Å². The summed E-state index contributed by atoms with van der Waals surface area (Å²) in [5.74, 6) is 0.125. The number of nitrogens with zero attached hydrogens (tertiary/aromatic N) is 1. The first-order valence-electron chi connectivity index (χ1n) is 8.94. The van der Waals surface area contributed by atoms with Crippen molar-refractivity contribution < 1.29 is 4.79 Å². The molecule has 124 valence electrons. The van der Waals surface area contributed by atoms with Crippen molar-refractivity contribution in [3.63, 3.8) is 0 Å². The van der Waals surface area contributed by atoms with Gasteiger partial charge in [-0.05, 0) is 55.4 Å². The number of benzene rings is 2. The molecule has 1 N–H and O–H groups in total. The highest BCUT2D eigenvalue weighted by molar-refractivity contribution is 5.83. The highest BCUT2D eigenvalue weighted by atomic mass is 16.2. The molecule has 4 rings (SSSR count). The molecule has 24 heavy (non-hydrogen) atoms. The Bertz CT molecular complexity index is 755. The van der Waals surface area contributed by atoms with Gasteiger partial charge in [-0.3, -0.25) is 4.79 Å². The number of aryl methyl sites for hydroxylation is 1. The molecule has 0 radical (unpaired) electrons.